The smallest absolute Gasteiger partial charge is 0.123 e. The van der Waals surface area contributed by atoms with Gasteiger partial charge in [0.1, 0.15) is 5.75 Å². The molecule has 19 heavy (non-hydrogen) atoms. The lowest BCUT2D eigenvalue weighted by Gasteiger charge is -2.19. The van der Waals surface area contributed by atoms with Crippen LogP contribution in [0.4, 0.5) is 11.4 Å². The Labute approximate surface area is 115 Å². The average Bonchev–Trinajstić information content (AvgIpc) is 2.83. The molecule has 0 heterocycles. The summed E-state index contributed by atoms with van der Waals surface area (Å²) in [4.78, 5) is 0. The monoisotopic (exact) mass is 264 g/mol. The minimum Gasteiger partial charge on any atom is -0.494 e. The quantitative estimate of drug-likeness (QED) is 0.691. The van der Waals surface area contributed by atoms with Crippen LogP contribution in [-0.4, -0.2) is 24.9 Å². The molecule has 1 aromatic carbocycles. The third kappa shape index (κ3) is 3.77. The molecule has 1 aliphatic carbocycles. The van der Waals surface area contributed by atoms with Crippen molar-refractivity contribution >= 4 is 11.4 Å². The molecule has 0 aliphatic heterocycles. The summed E-state index contributed by atoms with van der Waals surface area (Å²) in [5.41, 5.74) is 7.57. The Morgan fingerprint density at radius 2 is 2.11 bits per heavy atom. The van der Waals surface area contributed by atoms with Crippen molar-refractivity contribution < 1.29 is 9.84 Å². The van der Waals surface area contributed by atoms with Gasteiger partial charge in [0.2, 0.25) is 0 Å². The van der Waals surface area contributed by atoms with E-state index in [0.29, 0.717) is 30.7 Å². The van der Waals surface area contributed by atoms with Crippen LogP contribution in [0.15, 0.2) is 18.2 Å². The van der Waals surface area contributed by atoms with E-state index in [1.165, 1.54) is 12.8 Å². The number of aliphatic hydroxyl groups excluding tert-OH is 1. The SMILES string of the molecule is CCOc1cc(N)cc(NCC2CCCC2CO)c1. The number of nitrogens with two attached hydrogens (primary N) is 1. The second-order valence-corrected chi connectivity index (χ2v) is 5.24. The van der Waals surface area contributed by atoms with Crippen molar-refractivity contribution in [3.8, 4) is 5.75 Å². The van der Waals surface area contributed by atoms with Crippen LogP contribution in [0, 0.1) is 11.8 Å². The Morgan fingerprint density at radius 3 is 2.84 bits per heavy atom. The number of aliphatic hydroxyl groups is 1. The summed E-state index contributed by atoms with van der Waals surface area (Å²) in [7, 11) is 0. The summed E-state index contributed by atoms with van der Waals surface area (Å²) < 4.78 is 5.48. The standard InChI is InChI=1S/C15H24N2O2/c1-2-19-15-7-13(16)6-14(8-15)17-9-11-4-3-5-12(11)10-18/h6-8,11-12,17-18H,2-5,9-10,16H2,1H3. The van der Waals surface area contributed by atoms with Gasteiger partial charge >= 0.3 is 0 Å². The van der Waals surface area contributed by atoms with E-state index in [9.17, 15) is 5.11 Å². The molecule has 0 aromatic heterocycles. The molecule has 2 atom stereocenters. The molecule has 4 heteroatoms. The maximum Gasteiger partial charge on any atom is 0.123 e. The molecular formula is C15H24N2O2. The van der Waals surface area contributed by atoms with Crippen LogP contribution in [0.3, 0.4) is 0 Å². The van der Waals surface area contributed by atoms with Gasteiger partial charge in [-0.3, -0.25) is 0 Å². The minimum absolute atomic E-state index is 0.299. The topological polar surface area (TPSA) is 67.5 Å². The molecule has 106 valence electrons. The molecule has 1 saturated carbocycles. The normalized spacial score (nSPS) is 22.4. The van der Waals surface area contributed by atoms with Gasteiger partial charge in [0.15, 0.2) is 0 Å². The molecule has 0 saturated heterocycles. The van der Waals surface area contributed by atoms with Crippen LogP contribution >= 0.6 is 0 Å². The summed E-state index contributed by atoms with van der Waals surface area (Å²) in [5.74, 6) is 1.80. The van der Waals surface area contributed by atoms with Crippen LogP contribution in [0.25, 0.3) is 0 Å². The van der Waals surface area contributed by atoms with Crippen molar-refractivity contribution in [2.75, 3.05) is 30.8 Å². The number of nitrogen functional groups attached to an aromatic ring is 1. The highest BCUT2D eigenvalue weighted by atomic mass is 16.5. The fourth-order valence-corrected chi connectivity index (χ4v) is 2.85. The zero-order chi connectivity index (χ0) is 13.7. The highest BCUT2D eigenvalue weighted by Gasteiger charge is 2.26. The van der Waals surface area contributed by atoms with Gasteiger partial charge in [-0.1, -0.05) is 6.42 Å². The number of anilines is 2. The lowest BCUT2D eigenvalue weighted by molar-refractivity contribution is 0.199. The molecule has 0 amide bonds. The molecule has 4 N–H and O–H groups in total. The summed E-state index contributed by atoms with van der Waals surface area (Å²) in [6.45, 7) is 3.78. The molecule has 1 aromatic rings. The van der Waals surface area contributed by atoms with Crippen LogP contribution in [0.1, 0.15) is 26.2 Å². The van der Waals surface area contributed by atoms with Gasteiger partial charge in [-0.15, -0.1) is 0 Å². The van der Waals surface area contributed by atoms with Crippen molar-refractivity contribution in [3.63, 3.8) is 0 Å². The van der Waals surface area contributed by atoms with E-state index in [1.807, 2.05) is 25.1 Å². The molecule has 2 rings (SSSR count). The van der Waals surface area contributed by atoms with Gasteiger partial charge < -0.3 is 20.9 Å². The van der Waals surface area contributed by atoms with Crippen molar-refractivity contribution in [2.45, 2.75) is 26.2 Å². The average molecular weight is 264 g/mol. The molecule has 2 unspecified atom stereocenters. The van der Waals surface area contributed by atoms with Crippen LogP contribution in [0.2, 0.25) is 0 Å². The summed E-state index contributed by atoms with van der Waals surface area (Å²) in [5, 5.41) is 12.7. The predicted molar refractivity (Wildman–Crippen MR) is 78.4 cm³/mol. The predicted octanol–water partition coefficient (Wildman–Crippen LogP) is 2.49. The van der Waals surface area contributed by atoms with Crippen molar-refractivity contribution in [1.29, 1.82) is 0 Å². The van der Waals surface area contributed by atoms with Gasteiger partial charge in [-0.25, -0.2) is 0 Å². The second kappa shape index (κ2) is 6.66. The fraction of sp³-hybridized carbons (Fsp3) is 0.600. The Kier molecular flexibility index (Phi) is 4.91. The Bertz CT molecular complexity index is 409. The Balaban J connectivity index is 1.95. The van der Waals surface area contributed by atoms with Crippen LogP contribution in [0.5, 0.6) is 5.75 Å². The van der Waals surface area contributed by atoms with E-state index in [-0.39, 0.29) is 0 Å². The molecule has 0 radical (unpaired) electrons. The lowest BCUT2D eigenvalue weighted by atomic mass is 9.97. The summed E-state index contributed by atoms with van der Waals surface area (Å²) in [6, 6.07) is 5.73. The third-order valence-corrected chi connectivity index (χ3v) is 3.86. The Morgan fingerprint density at radius 1 is 1.32 bits per heavy atom. The van der Waals surface area contributed by atoms with E-state index in [0.717, 1.165) is 24.4 Å². The highest BCUT2D eigenvalue weighted by Crippen LogP contribution is 2.32. The number of rotatable bonds is 6. The zero-order valence-corrected chi connectivity index (χ0v) is 11.6. The van der Waals surface area contributed by atoms with Gasteiger partial charge in [0, 0.05) is 36.7 Å². The first-order valence-corrected chi connectivity index (χ1v) is 7.11. The first-order chi connectivity index (χ1) is 9.22. The van der Waals surface area contributed by atoms with Crippen LogP contribution in [-0.2, 0) is 0 Å². The fourth-order valence-electron chi connectivity index (χ4n) is 2.85. The van der Waals surface area contributed by atoms with E-state index in [1.54, 1.807) is 0 Å². The third-order valence-electron chi connectivity index (χ3n) is 3.86. The van der Waals surface area contributed by atoms with Crippen LogP contribution < -0.4 is 15.8 Å². The number of nitrogens with one attached hydrogen (secondary N) is 1. The van der Waals surface area contributed by atoms with Crippen molar-refractivity contribution in [3.05, 3.63) is 18.2 Å². The van der Waals surface area contributed by atoms with E-state index in [2.05, 4.69) is 5.32 Å². The molecule has 1 aliphatic rings. The van der Waals surface area contributed by atoms with Gasteiger partial charge in [-0.2, -0.15) is 0 Å². The van der Waals surface area contributed by atoms with Gasteiger partial charge in [-0.05, 0) is 37.7 Å². The number of hydrogen-bond acceptors (Lipinski definition) is 4. The van der Waals surface area contributed by atoms with Gasteiger partial charge in [0.25, 0.3) is 0 Å². The molecule has 1 fully saturated rings. The first-order valence-electron chi connectivity index (χ1n) is 7.11. The van der Waals surface area contributed by atoms with Gasteiger partial charge in [0.05, 0.1) is 6.61 Å². The summed E-state index contributed by atoms with van der Waals surface area (Å²) in [6.07, 6.45) is 3.56. The van der Waals surface area contributed by atoms with E-state index < -0.39 is 0 Å². The second-order valence-electron chi connectivity index (χ2n) is 5.24. The maximum atomic E-state index is 9.32. The first kappa shape index (κ1) is 14.0. The minimum atomic E-state index is 0.299. The highest BCUT2D eigenvalue weighted by molar-refractivity contribution is 5.59. The van der Waals surface area contributed by atoms with E-state index in [4.69, 9.17) is 10.5 Å². The lowest BCUT2D eigenvalue weighted by Crippen LogP contribution is -2.20. The largest absolute Gasteiger partial charge is 0.494 e. The molecule has 0 spiro atoms. The number of ether oxygens (including phenoxy) is 1. The van der Waals surface area contributed by atoms with Crippen molar-refractivity contribution in [2.24, 2.45) is 11.8 Å². The maximum absolute atomic E-state index is 9.32. The Hall–Kier alpha value is -1.42. The zero-order valence-electron chi connectivity index (χ0n) is 11.6. The molecular weight excluding hydrogens is 240 g/mol. The van der Waals surface area contributed by atoms with E-state index >= 15 is 0 Å². The molecule has 4 nitrogen and oxygen atoms in total. The number of hydrogen-bond donors (Lipinski definition) is 3. The van der Waals surface area contributed by atoms with Crippen molar-refractivity contribution in [1.82, 2.24) is 0 Å². The number of benzene rings is 1. The summed E-state index contributed by atoms with van der Waals surface area (Å²) >= 11 is 0. The molecule has 0 bridgehead atoms.